The summed E-state index contributed by atoms with van der Waals surface area (Å²) in [5.74, 6) is -0.222. The van der Waals surface area contributed by atoms with Crippen LogP contribution in [0, 0.1) is 0 Å². The zero-order valence-electron chi connectivity index (χ0n) is 11.4. The number of nitrogens with zero attached hydrogens (tertiary/aromatic N) is 3. The second kappa shape index (κ2) is 8.82. The quantitative estimate of drug-likeness (QED) is 0.686. The first-order valence-corrected chi connectivity index (χ1v) is 6.65. The number of aliphatic imine (C=N–C) groups is 3. The molecule has 0 aliphatic rings. The number of nitrogens with one attached hydrogen (secondary N) is 1. The molecule has 20 heavy (non-hydrogen) atoms. The fourth-order valence-electron chi connectivity index (χ4n) is 1.18. The molecular weight excluding hydrogens is 272 g/mol. The molecule has 0 atom stereocenters. The van der Waals surface area contributed by atoms with Gasteiger partial charge < -0.3 is 5.32 Å². The van der Waals surface area contributed by atoms with Crippen molar-refractivity contribution in [2.75, 3.05) is 7.05 Å². The molecule has 0 spiro atoms. The lowest BCUT2D eigenvalue weighted by Crippen LogP contribution is -2.28. The van der Waals surface area contributed by atoms with Gasteiger partial charge in [0.2, 0.25) is 0 Å². The van der Waals surface area contributed by atoms with E-state index in [1.165, 1.54) is 24.2 Å². The molecule has 1 rings (SSSR count). The van der Waals surface area contributed by atoms with E-state index in [9.17, 15) is 4.79 Å². The van der Waals surface area contributed by atoms with Crippen molar-refractivity contribution in [1.82, 2.24) is 5.32 Å². The number of amidine groups is 1. The highest BCUT2D eigenvalue weighted by Gasteiger charge is 2.09. The lowest BCUT2D eigenvalue weighted by atomic mass is 10.2. The van der Waals surface area contributed by atoms with Crippen molar-refractivity contribution in [1.29, 1.82) is 0 Å². The third kappa shape index (κ3) is 5.62. The van der Waals surface area contributed by atoms with Gasteiger partial charge in [0.15, 0.2) is 5.17 Å². The Bertz CT molecular complexity index is 550. The van der Waals surface area contributed by atoms with Crippen molar-refractivity contribution in [2.24, 2.45) is 15.0 Å². The first-order valence-electron chi connectivity index (χ1n) is 5.83. The van der Waals surface area contributed by atoms with Gasteiger partial charge in [0.1, 0.15) is 0 Å². The van der Waals surface area contributed by atoms with Crippen LogP contribution in [0.5, 0.6) is 0 Å². The summed E-state index contributed by atoms with van der Waals surface area (Å²) < 4.78 is 0. The molecule has 0 heterocycles. The fourth-order valence-corrected chi connectivity index (χ4v) is 1.81. The first-order chi connectivity index (χ1) is 9.67. The Morgan fingerprint density at radius 3 is 2.60 bits per heavy atom. The van der Waals surface area contributed by atoms with E-state index in [0.29, 0.717) is 10.7 Å². The molecule has 0 radical (unpaired) electrons. The minimum absolute atomic E-state index is 0.222. The molecule has 0 saturated carbocycles. The van der Waals surface area contributed by atoms with Gasteiger partial charge in [-0.25, -0.2) is 4.99 Å². The van der Waals surface area contributed by atoms with Crippen LogP contribution in [0.25, 0.3) is 0 Å². The maximum atomic E-state index is 12.1. The Labute approximate surface area is 122 Å². The molecule has 0 unspecified atom stereocenters. The number of benzene rings is 1. The maximum absolute atomic E-state index is 12.1. The van der Waals surface area contributed by atoms with Gasteiger partial charge in [-0.2, -0.15) is 0 Å². The summed E-state index contributed by atoms with van der Waals surface area (Å²) in [6, 6.07) is 8.93. The zero-order valence-corrected chi connectivity index (χ0v) is 12.2. The summed E-state index contributed by atoms with van der Waals surface area (Å²) in [6.07, 6.45) is 2.90. The Kier molecular flexibility index (Phi) is 6.99. The van der Waals surface area contributed by atoms with Gasteiger partial charge in [-0.05, 0) is 37.5 Å². The van der Waals surface area contributed by atoms with Crippen LogP contribution in [0.4, 0.5) is 0 Å². The predicted molar refractivity (Wildman–Crippen MR) is 86.7 cm³/mol. The summed E-state index contributed by atoms with van der Waals surface area (Å²) in [6.45, 7) is 5.16. The van der Waals surface area contributed by atoms with E-state index in [2.05, 4.69) is 27.0 Å². The fraction of sp³-hybridized carbons (Fsp3) is 0.143. The average molecular weight is 288 g/mol. The van der Waals surface area contributed by atoms with Crippen LogP contribution in [0.3, 0.4) is 0 Å². The second-order valence-electron chi connectivity index (χ2n) is 3.58. The van der Waals surface area contributed by atoms with Gasteiger partial charge in [-0.15, -0.1) is 0 Å². The third-order valence-corrected chi connectivity index (χ3v) is 3.06. The first kappa shape index (κ1) is 15.8. The van der Waals surface area contributed by atoms with E-state index in [4.69, 9.17) is 0 Å². The molecule has 0 aliphatic carbocycles. The normalized spacial score (nSPS) is 12.5. The molecule has 0 saturated heterocycles. The second-order valence-corrected chi connectivity index (χ2v) is 4.76. The van der Waals surface area contributed by atoms with Gasteiger partial charge in [-0.3, -0.25) is 14.8 Å². The number of hydrogen-bond donors (Lipinski definition) is 1. The van der Waals surface area contributed by atoms with Crippen LogP contribution in [-0.2, 0) is 0 Å². The summed E-state index contributed by atoms with van der Waals surface area (Å²) in [7, 11) is 1.68. The van der Waals surface area contributed by atoms with Crippen LogP contribution in [0.1, 0.15) is 17.3 Å². The minimum Gasteiger partial charge on any atom is -0.301 e. The molecule has 5 nitrogen and oxygen atoms in total. The Morgan fingerprint density at radius 2 is 2.00 bits per heavy atom. The van der Waals surface area contributed by atoms with E-state index >= 15 is 0 Å². The maximum Gasteiger partial charge on any atom is 0.257 e. The number of hydrogen-bond acceptors (Lipinski definition) is 5. The topological polar surface area (TPSA) is 66.2 Å². The van der Waals surface area contributed by atoms with Crippen molar-refractivity contribution >= 4 is 34.6 Å². The molecule has 0 aliphatic heterocycles. The van der Waals surface area contributed by atoms with Gasteiger partial charge >= 0.3 is 0 Å². The van der Waals surface area contributed by atoms with Crippen LogP contribution in [0.2, 0.25) is 0 Å². The Balaban J connectivity index is 2.84. The van der Waals surface area contributed by atoms with E-state index in [1.807, 2.05) is 13.0 Å². The highest BCUT2D eigenvalue weighted by molar-refractivity contribution is 8.26. The van der Waals surface area contributed by atoms with E-state index in [1.54, 1.807) is 31.3 Å². The lowest BCUT2D eigenvalue weighted by Gasteiger charge is -2.07. The van der Waals surface area contributed by atoms with Crippen LogP contribution < -0.4 is 5.32 Å². The molecule has 0 aromatic heterocycles. The van der Waals surface area contributed by atoms with Crippen molar-refractivity contribution in [3.05, 3.63) is 48.3 Å². The molecule has 1 aromatic carbocycles. The van der Waals surface area contributed by atoms with Gasteiger partial charge in [0, 0.05) is 25.0 Å². The summed E-state index contributed by atoms with van der Waals surface area (Å²) in [5.41, 5.74) is 0.567. The largest absolute Gasteiger partial charge is 0.301 e. The number of amides is 1. The monoisotopic (exact) mass is 288 g/mol. The van der Waals surface area contributed by atoms with Crippen molar-refractivity contribution in [3.63, 3.8) is 0 Å². The summed E-state index contributed by atoms with van der Waals surface area (Å²) in [5, 5.41) is 3.96. The van der Waals surface area contributed by atoms with Gasteiger partial charge in [0.25, 0.3) is 5.91 Å². The molecule has 0 fully saturated rings. The van der Waals surface area contributed by atoms with Crippen LogP contribution in [0.15, 0.2) is 57.7 Å². The van der Waals surface area contributed by atoms with Gasteiger partial charge in [0.05, 0.1) is 5.04 Å². The van der Waals surface area contributed by atoms with Crippen molar-refractivity contribution in [3.8, 4) is 0 Å². The molecule has 104 valence electrons. The number of rotatable bonds is 3. The Morgan fingerprint density at radius 1 is 1.30 bits per heavy atom. The molecule has 1 aromatic rings. The number of carbonyl (C=O) groups is 1. The average Bonchev–Trinajstić information content (AvgIpc) is 2.48. The lowest BCUT2D eigenvalue weighted by molar-refractivity contribution is 0.0978. The van der Waals surface area contributed by atoms with E-state index < -0.39 is 0 Å². The highest BCUT2D eigenvalue weighted by Crippen LogP contribution is 2.07. The molecule has 0 bridgehead atoms. The standard InChI is InChI=1S/C14H16N4OS/c1-11(16-3)20-14(17-10-9-15-2)18-13(19)12-7-5-4-6-8-12/h4-10H,2H2,1,3H3,(H,17,18,19)/b10-9+,16-11+. The highest BCUT2D eigenvalue weighted by atomic mass is 32.2. The zero-order chi connectivity index (χ0) is 14.8. The van der Waals surface area contributed by atoms with E-state index in [0.717, 1.165) is 5.04 Å². The molecular formula is C14H16N4OS. The van der Waals surface area contributed by atoms with E-state index in [-0.39, 0.29) is 5.91 Å². The van der Waals surface area contributed by atoms with Crippen molar-refractivity contribution < 1.29 is 4.79 Å². The SMILES string of the molecule is C=N/C=C/N=C(/NC(=O)c1ccccc1)S/C(C)=N/C. The molecule has 6 heteroatoms. The summed E-state index contributed by atoms with van der Waals surface area (Å²) in [4.78, 5) is 23.8. The summed E-state index contributed by atoms with van der Waals surface area (Å²) >= 11 is 1.27. The van der Waals surface area contributed by atoms with Gasteiger partial charge in [-0.1, -0.05) is 18.2 Å². The Hall–Kier alpha value is -2.21. The van der Waals surface area contributed by atoms with Crippen LogP contribution >= 0.6 is 11.8 Å². The van der Waals surface area contributed by atoms with Crippen molar-refractivity contribution in [2.45, 2.75) is 6.92 Å². The number of carbonyl (C=O) groups excluding carboxylic acids is 1. The molecule has 1 amide bonds. The smallest absolute Gasteiger partial charge is 0.257 e. The number of thioether (sulfide) groups is 1. The third-order valence-electron chi connectivity index (χ3n) is 2.18. The molecule has 1 N–H and O–H groups in total. The van der Waals surface area contributed by atoms with Crippen LogP contribution in [-0.4, -0.2) is 29.9 Å². The minimum atomic E-state index is -0.222. The predicted octanol–water partition coefficient (Wildman–Crippen LogP) is 2.73.